The van der Waals surface area contributed by atoms with Crippen LogP contribution in [0.1, 0.15) is 19.3 Å². The first-order valence-corrected chi connectivity index (χ1v) is 5.59. The Morgan fingerprint density at radius 2 is 2.25 bits per heavy atom. The molecule has 0 aromatic rings. The number of hydrogen-bond acceptors (Lipinski definition) is 4. The summed E-state index contributed by atoms with van der Waals surface area (Å²) in [6.07, 6.45) is 1.59. The Morgan fingerprint density at radius 3 is 2.81 bits per heavy atom. The van der Waals surface area contributed by atoms with E-state index in [1.54, 1.807) is 0 Å². The average Bonchev–Trinajstić information content (AvgIpc) is 2.53. The van der Waals surface area contributed by atoms with Gasteiger partial charge in [-0.3, -0.25) is 5.26 Å². The van der Waals surface area contributed by atoms with Crippen molar-refractivity contribution >= 4 is 0 Å². The van der Waals surface area contributed by atoms with Crippen LogP contribution < -0.4 is 5.32 Å². The van der Waals surface area contributed by atoms with Crippen molar-refractivity contribution in [1.82, 2.24) is 10.2 Å². The van der Waals surface area contributed by atoms with Crippen LogP contribution >= 0.6 is 0 Å². The minimum atomic E-state index is -2.55. The SMILES string of the molecule is CN(CCCCOO)CC1CC(F)(F)CN1. The second kappa shape index (κ2) is 6.44. The number of unbranched alkanes of at least 4 members (excludes halogenated alkanes) is 1. The summed E-state index contributed by atoms with van der Waals surface area (Å²) in [5.74, 6) is -2.55. The van der Waals surface area contributed by atoms with Gasteiger partial charge in [-0.15, -0.1) is 0 Å². The van der Waals surface area contributed by atoms with Gasteiger partial charge < -0.3 is 10.2 Å². The van der Waals surface area contributed by atoms with Gasteiger partial charge in [0, 0.05) is 19.0 Å². The molecule has 1 heterocycles. The second-order valence-electron chi connectivity index (χ2n) is 4.44. The molecule has 1 atom stereocenters. The molecule has 0 amide bonds. The van der Waals surface area contributed by atoms with Crippen LogP contribution in [0.15, 0.2) is 0 Å². The van der Waals surface area contributed by atoms with Gasteiger partial charge in [0.05, 0.1) is 13.2 Å². The third-order valence-corrected chi connectivity index (χ3v) is 2.75. The number of nitrogens with zero attached hydrogens (tertiary/aromatic N) is 1. The summed E-state index contributed by atoms with van der Waals surface area (Å²) in [6, 6.07) is -0.117. The maximum Gasteiger partial charge on any atom is 0.261 e. The number of rotatable bonds is 7. The van der Waals surface area contributed by atoms with Crippen molar-refractivity contribution in [2.24, 2.45) is 0 Å². The molecule has 0 aromatic carbocycles. The Labute approximate surface area is 94.5 Å². The van der Waals surface area contributed by atoms with Crippen molar-refractivity contribution < 1.29 is 18.9 Å². The fourth-order valence-electron chi connectivity index (χ4n) is 1.94. The molecule has 0 saturated carbocycles. The number of alkyl halides is 2. The highest BCUT2D eigenvalue weighted by Crippen LogP contribution is 2.25. The second-order valence-corrected chi connectivity index (χ2v) is 4.44. The van der Waals surface area contributed by atoms with Crippen molar-refractivity contribution in [1.29, 1.82) is 0 Å². The number of likely N-dealkylation sites (N-methyl/N-ethyl adjacent to an activating group) is 1. The summed E-state index contributed by atoms with van der Waals surface area (Å²) < 4.78 is 25.7. The number of hydrogen-bond donors (Lipinski definition) is 2. The third kappa shape index (κ3) is 5.16. The van der Waals surface area contributed by atoms with Crippen molar-refractivity contribution in [2.45, 2.75) is 31.2 Å². The maximum absolute atomic E-state index is 12.9. The van der Waals surface area contributed by atoms with Gasteiger partial charge in [0.1, 0.15) is 0 Å². The molecule has 0 aromatic heterocycles. The summed E-state index contributed by atoms with van der Waals surface area (Å²) in [4.78, 5) is 5.98. The van der Waals surface area contributed by atoms with E-state index >= 15 is 0 Å². The molecule has 2 N–H and O–H groups in total. The molecule has 4 nitrogen and oxygen atoms in total. The molecule has 1 aliphatic heterocycles. The van der Waals surface area contributed by atoms with Crippen LogP contribution in [0.25, 0.3) is 0 Å². The van der Waals surface area contributed by atoms with Crippen molar-refractivity contribution in [2.75, 3.05) is 33.3 Å². The monoisotopic (exact) mass is 238 g/mol. The fraction of sp³-hybridized carbons (Fsp3) is 1.00. The molecule has 1 fully saturated rings. The van der Waals surface area contributed by atoms with Gasteiger partial charge >= 0.3 is 0 Å². The van der Waals surface area contributed by atoms with E-state index in [1.165, 1.54) is 0 Å². The van der Waals surface area contributed by atoms with Gasteiger partial charge in [-0.25, -0.2) is 13.7 Å². The Hall–Kier alpha value is -0.300. The Balaban J connectivity index is 2.08. The summed E-state index contributed by atoms with van der Waals surface area (Å²) in [6.45, 7) is 1.58. The Bertz CT molecular complexity index is 205. The molecule has 0 aliphatic carbocycles. The zero-order valence-corrected chi connectivity index (χ0v) is 9.59. The summed E-state index contributed by atoms with van der Waals surface area (Å²) in [7, 11) is 1.91. The minimum Gasteiger partial charge on any atom is -0.307 e. The highest BCUT2D eigenvalue weighted by Gasteiger charge is 2.39. The van der Waals surface area contributed by atoms with Crippen LogP contribution in [-0.4, -0.2) is 55.4 Å². The molecular formula is C10H20F2N2O2. The van der Waals surface area contributed by atoms with E-state index in [4.69, 9.17) is 5.26 Å². The lowest BCUT2D eigenvalue weighted by atomic mass is 10.2. The molecule has 1 aliphatic rings. The van der Waals surface area contributed by atoms with E-state index in [-0.39, 0.29) is 19.0 Å². The van der Waals surface area contributed by atoms with E-state index in [0.29, 0.717) is 13.2 Å². The zero-order valence-electron chi connectivity index (χ0n) is 9.59. The number of nitrogens with one attached hydrogen (secondary N) is 1. The third-order valence-electron chi connectivity index (χ3n) is 2.75. The van der Waals surface area contributed by atoms with Crippen LogP contribution in [0.4, 0.5) is 8.78 Å². The topological polar surface area (TPSA) is 44.7 Å². The fourth-order valence-corrected chi connectivity index (χ4v) is 1.94. The molecular weight excluding hydrogens is 218 g/mol. The van der Waals surface area contributed by atoms with E-state index in [0.717, 1.165) is 19.4 Å². The van der Waals surface area contributed by atoms with Crippen molar-refractivity contribution in [3.8, 4) is 0 Å². The van der Waals surface area contributed by atoms with Gasteiger partial charge in [0.25, 0.3) is 5.92 Å². The number of halogens is 2. The van der Waals surface area contributed by atoms with Gasteiger partial charge in [0.15, 0.2) is 0 Å². The van der Waals surface area contributed by atoms with Crippen LogP contribution in [0.3, 0.4) is 0 Å². The first-order chi connectivity index (χ1) is 7.53. The molecule has 96 valence electrons. The smallest absolute Gasteiger partial charge is 0.261 e. The highest BCUT2D eigenvalue weighted by molar-refractivity contribution is 4.88. The first-order valence-electron chi connectivity index (χ1n) is 5.59. The van der Waals surface area contributed by atoms with Gasteiger partial charge in [-0.2, -0.15) is 0 Å². The zero-order chi connectivity index (χ0) is 12.0. The molecule has 0 spiro atoms. The maximum atomic E-state index is 12.9. The lowest BCUT2D eigenvalue weighted by molar-refractivity contribution is -0.242. The lowest BCUT2D eigenvalue weighted by Crippen LogP contribution is -2.35. The van der Waals surface area contributed by atoms with E-state index in [9.17, 15) is 8.78 Å². The van der Waals surface area contributed by atoms with E-state index < -0.39 is 5.92 Å². The van der Waals surface area contributed by atoms with Crippen molar-refractivity contribution in [3.63, 3.8) is 0 Å². The highest BCUT2D eigenvalue weighted by atomic mass is 19.3. The summed E-state index contributed by atoms with van der Waals surface area (Å²) in [5.41, 5.74) is 0. The van der Waals surface area contributed by atoms with E-state index in [1.807, 2.05) is 11.9 Å². The predicted molar refractivity (Wildman–Crippen MR) is 56.7 cm³/mol. The van der Waals surface area contributed by atoms with E-state index in [2.05, 4.69) is 10.2 Å². The van der Waals surface area contributed by atoms with Crippen molar-refractivity contribution in [3.05, 3.63) is 0 Å². The van der Waals surface area contributed by atoms with Gasteiger partial charge in [-0.1, -0.05) is 0 Å². The quantitative estimate of drug-likeness (QED) is 0.397. The molecule has 1 saturated heterocycles. The molecule has 6 heteroatoms. The Kier molecular flexibility index (Phi) is 5.54. The van der Waals surface area contributed by atoms with Crippen LogP contribution in [0.5, 0.6) is 0 Å². The van der Waals surface area contributed by atoms with Crippen LogP contribution in [0.2, 0.25) is 0 Å². The molecule has 0 radical (unpaired) electrons. The average molecular weight is 238 g/mol. The van der Waals surface area contributed by atoms with Crippen LogP contribution in [0, 0.1) is 0 Å². The summed E-state index contributed by atoms with van der Waals surface area (Å²) in [5, 5.41) is 10.9. The normalized spacial score (nSPS) is 24.2. The molecule has 16 heavy (non-hydrogen) atoms. The Morgan fingerprint density at radius 1 is 1.50 bits per heavy atom. The molecule has 1 unspecified atom stereocenters. The molecule has 0 bridgehead atoms. The lowest BCUT2D eigenvalue weighted by Gasteiger charge is -2.20. The standard InChI is InChI=1S/C10H20F2N2O2/c1-14(4-2-3-5-16-15)7-9-6-10(11,12)8-13-9/h9,13,15H,2-8H2,1H3. The molecule has 1 rings (SSSR count). The van der Waals surface area contributed by atoms with Crippen LogP contribution in [-0.2, 0) is 4.89 Å². The minimum absolute atomic E-state index is 0.0723. The van der Waals surface area contributed by atoms with Gasteiger partial charge in [-0.05, 0) is 26.4 Å². The largest absolute Gasteiger partial charge is 0.307 e. The first kappa shape index (κ1) is 13.8. The van der Waals surface area contributed by atoms with Gasteiger partial charge in [0.2, 0.25) is 0 Å². The predicted octanol–water partition coefficient (Wildman–Crippen LogP) is 1.19. The summed E-state index contributed by atoms with van der Waals surface area (Å²) >= 11 is 0.